The van der Waals surface area contributed by atoms with Crippen molar-refractivity contribution in [2.75, 3.05) is 11.9 Å². The predicted octanol–water partition coefficient (Wildman–Crippen LogP) is 2.79. The summed E-state index contributed by atoms with van der Waals surface area (Å²) >= 11 is 0. The van der Waals surface area contributed by atoms with Gasteiger partial charge in [0.25, 0.3) is 0 Å². The molecule has 1 atom stereocenters. The molecule has 1 aliphatic rings. The highest BCUT2D eigenvalue weighted by Gasteiger charge is 2.31. The molecule has 3 rings (SSSR count). The van der Waals surface area contributed by atoms with Crippen LogP contribution in [0.2, 0.25) is 0 Å². The SMILES string of the molecule is Cn1cccc1[C@@H]1CCCN1C(=O)Nc1ccccn1. The molecule has 1 fully saturated rings. The molecule has 0 saturated carbocycles. The second kappa shape index (κ2) is 5.36. The smallest absolute Gasteiger partial charge is 0.323 e. The number of anilines is 1. The van der Waals surface area contributed by atoms with Crippen LogP contribution < -0.4 is 5.32 Å². The van der Waals surface area contributed by atoms with Crippen molar-refractivity contribution < 1.29 is 4.79 Å². The fourth-order valence-electron chi connectivity index (χ4n) is 2.76. The highest BCUT2D eigenvalue weighted by Crippen LogP contribution is 2.32. The summed E-state index contributed by atoms with van der Waals surface area (Å²) in [5.41, 5.74) is 1.18. The second-order valence-electron chi connectivity index (χ2n) is 5.04. The fourth-order valence-corrected chi connectivity index (χ4v) is 2.76. The number of hydrogen-bond acceptors (Lipinski definition) is 2. The van der Waals surface area contributed by atoms with Gasteiger partial charge in [-0.15, -0.1) is 0 Å². The molecule has 0 spiro atoms. The standard InChI is InChI=1S/C15H18N4O/c1-18-10-4-6-12(18)13-7-5-11-19(13)15(20)17-14-8-2-3-9-16-14/h2-4,6,8-10,13H,5,7,11H2,1H3,(H,16,17,20)/t13-/m0/s1. The lowest BCUT2D eigenvalue weighted by Gasteiger charge is -2.25. The Balaban J connectivity index is 1.76. The molecule has 1 saturated heterocycles. The number of nitrogens with zero attached hydrogens (tertiary/aromatic N) is 3. The van der Waals surface area contributed by atoms with Gasteiger partial charge in [0.2, 0.25) is 0 Å². The Morgan fingerprint density at radius 3 is 2.95 bits per heavy atom. The minimum absolute atomic E-state index is 0.0765. The van der Waals surface area contributed by atoms with Crippen molar-refractivity contribution in [2.24, 2.45) is 7.05 Å². The summed E-state index contributed by atoms with van der Waals surface area (Å²) < 4.78 is 2.08. The molecular formula is C15H18N4O. The van der Waals surface area contributed by atoms with Crippen LogP contribution in [0.4, 0.5) is 10.6 Å². The van der Waals surface area contributed by atoms with E-state index in [1.165, 1.54) is 5.69 Å². The minimum atomic E-state index is -0.0765. The first-order valence-corrected chi connectivity index (χ1v) is 6.85. The van der Waals surface area contributed by atoms with Crippen LogP contribution in [0.15, 0.2) is 42.7 Å². The second-order valence-corrected chi connectivity index (χ2v) is 5.04. The molecule has 5 heteroatoms. The number of rotatable bonds is 2. The molecule has 2 aromatic rings. The highest BCUT2D eigenvalue weighted by molar-refractivity contribution is 5.88. The zero-order chi connectivity index (χ0) is 13.9. The van der Waals surface area contributed by atoms with Crippen molar-refractivity contribution in [3.05, 3.63) is 48.4 Å². The molecule has 2 aromatic heterocycles. The van der Waals surface area contributed by atoms with Gasteiger partial charge in [-0.3, -0.25) is 5.32 Å². The number of hydrogen-bond donors (Lipinski definition) is 1. The molecular weight excluding hydrogens is 252 g/mol. The van der Waals surface area contributed by atoms with E-state index in [4.69, 9.17) is 0 Å². The molecule has 104 valence electrons. The lowest BCUT2D eigenvalue weighted by atomic mass is 10.1. The average Bonchev–Trinajstić information content (AvgIpc) is 3.07. The van der Waals surface area contributed by atoms with Crippen LogP contribution in [0.3, 0.4) is 0 Å². The lowest BCUT2D eigenvalue weighted by Crippen LogP contribution is -2.35. The third-order valence-corrected chi connectivity index (χ3v) is 3.74. The summed E-state index contributed by atoms with van der Waals surface area (Å²) in [6, 6.07) is 9.66. The predicted molar refractivity (Wildman–Crippen MR) is 77.3 cm³/mol. The number of carbonyl (C=O) groups is 1. The Kier molecular flexibility index (Phi) is 3.41. The van der Waals surface area contributed by atoms with Gasteiger partial charge in [0.15, 0.2) is 0 Å². The van der Waals surface area contributed by atoms with Gasteiger partial charge in [-0.1, -0.05) is 6.07 Å². The van der Waals surface area contributed by atoms with Gasteiger partial charge >= 0.3 is 6.03 Å². The number of aromatic nitrogens is 2. The molecule has 1 N–H and O–H groups in total. The van der Waals surface area contributed by atoms with E-state index in [1.54, 1.807) is 12.3 Å². The Hall–Kier alpha value is -2.30. The third-order valence-electron chi connectivity index (χ3n) is 3.74. The number of amides is 2. The van der Waals surface area contributed by atoms with E-state index in [0.717, 1.165) is 19.4 Å². The molecule has 0 aromatic carbocycles. The highest BCUT2D eigenvalue weighted by atomic mass is 16.2. The van der Waals surface area contributed by atoms with Crippen molar-refractivity contribution in [1.29, 1.82) is 0 Å². The van der Waals surface area contributed by atoms with E-state index in [2.05, 4.69) is 20.9 Å². The Bertz CT molecular complexity index is 593. The van der Waals surface area contributed by atoms with Crippen LogP contribution >= 0.6 is 0 Å². The summed E-state index contributed by atoms with van der Waals surface area (Å²) in [6.07, 6.45) is 5.73. The van der Waals surface area contributed by atoms with E-state index >= 15 is 0 Å². The first-order valence-electron chi connectivity index (χ1n) is 6.85. The van der Waals surface area contributed by atoms with Crippen LogP contribution in [0.5, 0.6) is 0 Å². The topological polar surface area (TPSA) is 50.2 Å². The van der Waals surface area contributed by atoms with Crippen molar-refractivity contribution >= 4 is 11.8 Å². The summed E-state index contributed by atoms with van der Waals surface area (Å²) in [5.74, 6) is 0.593. The zero-order valence-electron chi connectivity index (χ0n) is 11.5. The number of carbonyl (C=O) groups excluding carboxylic acids is 1. The first-order chi connectivity index (χ1) is 9.75. The molecule has 1 aliphatic heterocycles. The summed E-state index contributed by atoms with van der Waals surface area (Å²) in [6.45, 7) is 0.786. The molecule has 20 heavy (non-hydrogen) atoms. The molecule has 0 aliphatic carbocycles. The van der Waals surface area contributed by atoms with E-state index < -0.39 is 0 Å². The van der Waals surface area contributed by atoms with Crippen molar-refractivity contribution in [3.8, 4) is 0 Å². The number of pyridine rings is 1. The maximum Gasteiger partial charge on any atom is 0.323 e. The van der Waals surface area contributed by atoms with Gasteiger partial charge in [0.1, 0.15) is 5.82 Å². The molecule has 0 radical (unpaired) electrons. The van der Waals surface area contributed by atoms with Gasteiger partial charge in [-0.2, -0.15) is 0 Å². The average molecular weight is 270 g/mol. The first kappa shape index (κ1) is 12.7. The van der Waals surface area contributed by atoms with Gasteiger partial charge in [0, 0.05) is 31.7 Å². The van der Waals surface area contributed by atoms with Gasteiger partial charge in [-0.25, -0.2) is 9.78 Å². The molecule has 0 bridgehead atoms. The third kappa shape index (κ3) is 2.39. The number of nitrogens with one attached hydrogen (secondary N) is 1. The normalized spacial score (nSPS) is 18.2. The maximum atomic E-state index is 12.4. The van der Waals surface area contributed by atoms with Crippen LogP contribution in [-0.4, -0.2) is 27.0 Å². The van der Waals surface area contributed by atoms with Crippen molar-refractivity contribution in [3.63, 3.8) is 0 Å². The number of aryl methyl sites for hydroxylation is 1. The van der Waals surface area contributed by atoms with E-state index in [-0.39, 0.29) is 12.1 Å². The number of likely N-dealkylation sites (tertiary alicyclic amines) is 1. The Morgan fingerprint density at radius 1 is 1.35 bits per heavy atom. The van der Waals surface area contributed by atoms with Gasteiger partial charge < -0.3 is 9.47 Å². The Labute approximate surface area is 118 Å². The van der Waals surface area contributed by atoms with Crippen molar-refractivity contribution in [2.45, 2.75) is 18.9 Å². The maximum absolute atomic E-state index is 12.4. The van der Waals surface area contributed by atoms with Crippen LogP contribution in [0, 0.1) is 0 Å². The largest absolute Gasteiger partial charge is 0.353 e. The number of urea groups is 1. The van der Waals surface area contributed by atoms with E-state index in [9.17, 15) is 4.79 Å². The molecule has 2 amide bonds. The van der Waals surface area contributed by atoms with Crippen LogP contribution in [0.1, 0.15) is 24.6 Å². The Morgan fingerprint density at radius 2 is 2.25 bits per heavy atom. The van der Waals surface area contributed by atoms with Gasteiger partial charge in [-0.05, 0) is 37.1 Å². The lowest BCUT2D eigenvalue weighted by molar-refractivity contribution is 0.205. The van der Waals surface area contributed by atoms with E-state index in [0.29, 0.717) is 5.82 Å². The van der Waals surface area contributed by atoms with Crippen molar-refractivity contribution in [1.82, 2.24) is 14.5 Å². The summed E-state index contributed by atoms with van der Waals surface area (Å²) in [5, 5.41) is 2.86. The summed E-state index contributed by atoms with van der Waals surface area (Å²) in [4.78, 5) is 18.4. The van der Waals surface area contributed by atoms with Gasteiger partial charge in [0.05, 0.1) is 6.04 Å². The monoisotopic (exact) mass is 270 g/mol. The quantitative estimate of drug-likeness (QED) is 0.912. The minimum Gasteiger partial charge on any atom is -0.353 e. The fraction of sp³-hybridized carbons (Fsp3) is 0.333. The van der Waals surface area contributed by atoms with E-state index in [1.807, 2.05) is 36.3 Å². The van der Waals surface area contributed by atoms with Crippen LogP contribution in [0.25, 0.3) is 0 Å². The molecule has 5 nitrogen and oxygen atoms in total. The van der Waals surface area contributed by atoms with Crippen LogP contribution in [-0.2, 0) is 7.05 Å². The molecule has 3 heterocycles. The molecule has 0 unspecified atom stereocenters. The summed E-state index contributed by atoms with van der Waals surface area (Å²) in [7, 11) is 2.02. The zero-order valence-corrected chi connectivity index (χ0v) is 11.5.